The van der Waals surface area contributed by atoms with Crippen molar-refractivity contribution in [2.45, 2.75) is 37.0 Å². The Kier molecular flexibility index (Phi) is 7.22. The molecule has 1 heterocycles. The molecule has 34 heavy (non-hydrogen) atoms. The summed E-state index contributed by atoms with van der Waals surface area (Å²) in [6, 6.07) is 22.2. The summed E-state index contributed by atoms with van der Waals surface area (Å²) in [6.45, 7) is 3.31. The molecule has 0 aliphatic carbocycles. The number of piperidine rings is 1. The van der Waals surface area contributed by atoms with E-state index in [4.69, 9.17) is 4.74 Å². The molecular weight excluding hydrogens is 448 g/mol. The molecule has 1 aliphatic heterocycles. The monoisotopic (exact) mass is 478 g/mol. The van der Waals surface area contributed by atoms with E-state index in [2.05, 4.69) is 16.9 Å². The quantitative estimate of drug-likeness (QED) is 0.514. The highest BCUT2D eigenvalue weighted by atomic mass is 32.2. The molecule has 0 saturated carbocycles. The van der Waals surface area contributed by atoms with Gasteiger partial charge in [-0.05, 0) is 66.6 Å². The van der Waals surface area contributed by atoms with Gasteiger partial charge in [0.15, 0.2) is 0 Å². The van der Waals surface area contributed by atoms with Gasteiger partial charge in [-0.15, -0.1) is 0 Å². The van der Waals surface area contributed by atoms with Gasteiger partial charge in [0.25, 0.3) is 15.9 Å². The average molecular weight is 479 g/mol. The molecule has 7 heteroatoms. The molecule has 3 aromatic rings. The number of ether oxygens (including phenoxy) is 1. The SMILES string of the molecule is CCc1ccc(NS(=O)(=O)c2cc(C(=O)N3CCC(c4ccccc4)CC3)ccc2OC)cc1. The Bertz CT molecular complexity index is 1230. The average Bonchev–Trinajstić information content (AvgIpc) is 2.88. The lowest BCUT2D eigenvalue weighted by atomic mass is 9.89. The van der Waals surface area contributed by atoms with Crippen molar-refractivity contribution in [1.82, 2.24) is 4.90 Å². The molecule has 0 atom stereocenters. The number of hydrogen-bond donors (Lipinski definition) is 1. The normalized spacial score (nSPS) is 14.6. The van der Waals surface area contributed by atoms with E-state index in [0.29, 0.717) is 30.3 Å². The molecule has 0 spiro atoms. The van der Waals surface area contributed by atoms with Crippen LogP contribution in [0.5, 0.6) is 5.75 Å². The zero-order chi connectivity index (χ0) is 24.1. The molecule has 0 radical (unpaired) electrons. The minimum absolute atomic E-state index is 0.0559. The van der Waals surface area contributed by atoms with Crippen LogP contribution in [-0.4, -0.2) is 39.4 Å². The minimum Gasteiger partial charge on any atom is -0.495 e. The van der Waals surface area contributed by atoms with Crippen LogP contribution in [-0.2, 0) is 16.4 Å². The summed E-state index contributed by atoms with van der Waals surface area (Å²) in [7, 11) is -2.54. The predicted molar refractivity (Wildman–Crippen MR) is 134 cm³/mol. The summed E-state index contributed by atoms with van der Waals surface area (Å²) < 4.78 is 34.2. The Morgan fingerprint density at radius 2 is 1.68 bits per heavy atom. The highest BCUT2D eigenvalue weighted by molar-refractivity contribution is 7.92. The van der Waals surface area contributed by atoms with E-state index in [-0.39, 0.29) is 16.6 Å². The van der Waals surface area contributed by atoms with Gasteiger partial charge in [0.2, 0.25) is 0 Å². The van der Waals surface area contributed by atoms with E-state index in [1.54, 1.807) is 29.2 Å². The van der Waals surface area contributed by atoms with Gasteiger partial charge in [-0.1, -0.05) is 49.4 Å². The number of carbonyl (C=O) groups excluding carboxylic acids is 1. The molecule has 6 nitrogen and oxygen atoms in total. The van der Waals surface area contributed by atoms with Crippen LogP contribution in [0.2, 0.25) is 0 Å². The fourth-order valence-corrected chi connectivity index (χ4v) is 5.62. The van der Waals surface area contributed by atoms with Gasteiger partial charge in [-0.25, -0.2) is 8.42 Å². The number of methoxy groups -OCH3 is 1. The summed E-state index contributed by atoms with van der Waals surface area (Å²) in [5.41, 5.74) is 3.20. The molecule has 0 unspecified atom stereocenters. The first-order valence-electron chi connectivity index (χ1n) is 11.6. The molecule has 1 N–H and O–H groups in total. The summed E-state index contributed by atoms with van der Waals surface area (Å²) in [5, 5.41) is 0. The van der Waals surface area contributed by atoms with Gasteiger partial charge in [-0.2, -0.15) is 0 Å². The number of carbonyl (C=O) groups is 1. The van der Waals surface area contributed by atoms with E-state index < -0.39 is 10.0 Å². The number of aryl methyl sites for hydroxylation is 1. The number of nitrogens with one attached hydrogen (secondary N) is 1. The number of sulfonamides is 1. The zero-order valence-corrected chi connectivity index (χ0v) is 20.3. The fourth-order valence-electron chi connectivity index (χ4n) is 4.36. The van der Waals surface area contributed by atoms with Crippen molar-refractivity contribution >= 4 is 21.6 Å². The number of rotatable bonds is 7. The topological polar surface area (TPSA) is 75.7 Å². The first-order chi connectivity index (χ1) is 16.4. The van der Waals surface area contributed by atoms with E-state index in [0.717, 1.165) is 24.8 Å². The molecule has 1 aliphatic rings. The van der Waals surface area contributed by atoms with Crippen LogP contribution < -0.4 is 9.46 Å². The van der Waals surface area contributed by atoms with Crippen molar-refractivity contribution in [3.05, 3.63) is 89.5 Å². The Labute approximate surface area is 201 Å². The molecule has 0 aromatic heterocycles. The van der Waals surface area contributed by atoms with Crippen LogP contribution in [0.25, 0.3) is 0 Å². The molecule has 0 bridgehead atoms. The zero-order valence-electron chi connectivity index (χ0n) is 19.5. The number of amides is 1. The summed E-state index contributed by atoms with van der Waals surface area (Å²) >= 11 is 0. The molecule has 1 fully saturated rings. The molecule has 1 saturated heterocycles. The first-order valence-corrected chi connectivity index (χ1v) is 13.0. The summed E-state index contributed by atoms with van der Waals surface area (Å²) in [4.78, 5) is 15.0. The molecule has 1 amide bonds. The molecule has 4 rings (SSSR count). The fraction of sp³-hybridized carbons (Fsp3) is 0.296. The Morgan fingerprint density at radius 3 is 2.29 bits per heavy atom. The molecule has 178 valence electrons. The number of likely N-dealkylation sites (tertiary alicyclic amines) is 1. The van der Waals surface area contributed by atoms with Gasteiger partial charge in [0.1, 0.15) is 10.6 Å². The van der Waals surface area contributed by atoms with E-state index in [9.17, 15) is 13.2 Å². The minimum atomic E-state index is -3.95. The maximum atomic E-state index is 13.2. The lowest BCUT2D eigenvalue weighted by molar-refractivity contribution is 0.0712. The first kappa shape index (κ1) is 23.8. The van der Waals surface area contributed by atoms with Crippen LogP contribution in [0.15, 0.2) is 77.7 Å². The standard InChI is InChI=1S/C27H30N2O4S/c1-3-20-9-12-24(13-10-20)28-34(31,32)26-19-23(11-14-25(26)33-2)27(30)29-17-15-22(16-18-29)21-7-5-4-6-8-21/h4-14,19,22,28H,3,15-18H2,1-2H3. The van der Waals surface area contributed by atoms with Crippen molar-refractivity contribution in [1.29, 1.82) is 0 Å². The van der Waals surface area contributed by atoms with Crippen molar-refractivity contribution in [3.8, 4) is 5.75 Å². The van der Waals surface area contributed by atoms with Crippen molar-refractivity contribution in [2.75, 3.05) is 24.9 Å². The van der Waals surface area contributed by atoms with Crippen LogP contribution in [0.3, 0.4) is 0 Å². The van der Waals surface area contributed by atoms with Gasteiger partial charge >= 0.3 is 0 Å². The largest absolute Gasteiger partial charge is 0.495 e. The van der Waals surface area contributed by atoms with Crippen LogP contribution in [0, 0.1) is 0 Å². The lowest BCUT2D eigenvalue weighted by Gasteiger charge is -2.32. The second kappa shape index (κ2) is 10.3. The Hall–Kier alpha value is -3.32. The van der Waals surface area contributed by atoms with E-state index >= 15 is 0 Å². The summed E-state index contributed by atoms with van der Waals surface area (Å²) in [6.07, 6.45) is 2.63. The van der Waals surface area contributed by atoms with Crippen molar-refractivity contribution in [2.24, 2.45) is 0 Å². The highest BCUT2D eigenvalue weighted by Crippen LogP contribution is 2.31. The third-order valence-electron chi connectivity index (χ3n) is 6.37. The van der Waals surface area contributed by atoms with E-state index in [1.807, 2.05) is 37.3 Å². The Morgan fingerprint density at radius 1 is 1.00 bits per heavy atom. The number of benzene rings is 3. The van der Waals surface area contributed by atoms with Crippen LogP contribution in [0.1, 0.15) is 47.2 Å². The van der Waals surface area contributed by atoms with Gasteiger partial charge in [0, 0.05) is 24.3 Å². The smallest absolute Gasteiger partial charge is 0.265 e. The Balaban J connectivity index is 1.51. The van der Waals surface area contributed by atoms with Crippen molar-refractivity contribution in [3.63, 3.8) is 0 Å². The van der Waals surface area contributed by atoms with Gasteiger partial charge < -0.3 is 9.64 Å². The number of hydrogen-bond acceptors (Lipinski definition) is 4. The third-order valence-corrected chi connectivity index (χ3v) is 7.77. The predicted octanol–water partition coefficient (Wildman–Crippen LogP) is 5.08. The van der Waals surface area contributed by atoms with Crippen molar-refractivity contribution < 1.29 is 17.9 Å². The number of anilines is 1. The van der Waals surface area contributed by atoms with Gasteiger partial charge in [-0.3, -0.25) is 9.52 Å². The second-order valence-electron chi connectivity index (χ2n) is 8.50. The second-order valence-corrected chi connectivity index (χ2v) is 10.1. The maximum absolute atomic E-state index is 13.2. The third kappa shape index (κ3) is 5.25. The van der Waals surface area contributed by atoms with E-state index in [1.165, 1.54) is 18.7 Å². The van der Waals surface area contributed by atoms with Gasteiger partial charge in [0.05, 0.1) is 7.11 Å². The summed E-state index contributed by atoms with van der Waals surface area (Å²) in [5.74, 6) is 0.454. The van der Waals surface area contributed by atoms with Crippen LogP contribution >= 0.6 is 0 Å². The highest BCUT2D eigenvalue weighted by Gasteiger charge is 2.27. The molecular formula is C27H30N2O4S. The lowest BCUT2D eigenvalue weighted by Crippen LogP contribution is -2.38. The molecule has 3 aromatic carbocycles. The number of nitrogens with zero attached hydrogens (tertiary/aromatic N) is 1. The van der Waals surface area contributed by atoms with Crippen LogP contribution in [0.4, 0.5) is 5.69 Å². The maximum Gasteiger partial charge on any atom is 0.265 e.